The predicted molar refractivity (Wildman–Crippen MR) is 131 cm³/mol. The van der Waals surface area contributed by atoms with Gasteiger partial charge < -0.3 is 28.6 Å². The van der Waals surface area contributed by atoms with Crippen molar-refractivity contribution in [2.75, 3.05) is 59.8 Å². The van der Waals surface area contributed by atoms with Gasteiger partial charge in [0.15, 0.2) is 0 Å². The maximum Gasteiger partial charge on any atom is 0.245 e. The fraction of sp³-hybridized carbons (Fsp3) is 0.444. The topological polar surface area (TPSA) is 66.5 Å². The molecule has 1 amide bonds. The number of likely N-dealkylation sites (tertiary alicyclic amines) is 1. The van der Waals surface area contributed by atoms with Gasteiger partial charge in [0.1, 0.15) is 24.2 Å². The van der Waals surface area contributed by atoms with Crippen molar-refractivity contribution < 1.29 is 28.5 Å². The van der Waals surface area contributed by atoms with Crippen molar-refractivity contribution >= 4 is 5.91 Å². The van der Waals surface area contributed by atoms with Crippen LogP contribution in [0.2, 0.25) is 0 Å². The van der Waals surface area contributed by atoms with E-state index in [2.05, 4.69) is 18.7 Å². The first-order chi connectivity index (χ1) is 16.7. The Labute approximate surface area is 202 Å². The van der Waals surface area contributed by atoms with Gasteiger partial charge in [-0.25, -0.2) is 0 Å². The Hall–Kier alpha value is -2.87. The highest BCUT2D eigenvalue weighted by atomic mass is 16.6. The highest BCUT2D eigenvalue weighted by Gasteiger charge is 2.22. The van der Waals surface area contributed by atoms with Gasteiger partial charge in [-0.2, -0.15) is 0 Å². The van der Waals surface area contributed by atoms with Gasteiger partial charge in [-0.1, -0.05) is 30.8 Å². The van der Waals surface area contributed by atoms with Gasteiger partial charge in [-0.3, -0.25) is 4.79 Å². The lowest BCUT2D eigenvalue weighted by atomic mass is 10.0. The molecule has 1 aliphatic rings. The molecule has 1 saturated heterocycles. The molecule has 0 spiro atoms. The lowest BCUT2D eigenvalue weighted by Gasteiger charge is -2.31. The van der Waals surface area contributed by atoms with E-state index in [0.29, 0.717) is 52.7 Å². The molecule has 3 rings (SSSR count). The fourth-order valence-electron chi connectivity index (χ4n) is 3.69. The second kappa shape index (κ2) is 14.4. The largest absolute Gasteiger partial charge is 0.491 e. The number of amides is 1. The Morgan fingerprint density at radius 3 is 2.26 bits per heavy atom. The van der Waals surface area contributed by atoms with Crippen molar-refractivity contribution in [2.24, 2.45) is 0 Å². The lowest BCUT2D eigenvalue weighted by molar-refractivity contribution is -0.127. The fourth-order valence-corrected chi connectivity index (χ4v) is 3.69. The quantitative estimate of drug-likeness (QED) is 0.308. The number of methoxy groups -OCH3 is 1. The first kappa shape index (κ1) is 25.7. The van der Waals surface area contributed by atoms with Crippen LogP contribution >= 0.6 is 0 Å². The molecule has 2 aromatic rings. The van der Waals surface area contributed by atoms with E-state index in [1.165, 1.54) is 6.08 Å². The highest BCUT2D eigenvalue weighted by Crippen LogP contribution is 2.27. The Morgan fingerprint density at radius 2 is 1.59 bits per heavy atom. The molecule has 0 saturated carbocycles. The summed E-state index contributed by atoms with van der Waals surface area (Å²) in [6, 6.07) is 16.1. The third kappa shape index (κ3) is 8.48. The molecule has 0 bridgehead atoms. The number of benzene rings is 2. The number of hydrogen-bond acceptors (Lipinski definition) is 6. The van der Waals surface area contributed by atoms with E-state index in [-0.39, 0.29) is 12.0 Å². The van der Waals surface area contributed by atoms with Crippen LogP contribution in [0.1, 0.15) is 12.8 Å². The molecule has 0 aromatic heterocycles. The monoisotopic (exact) mass is 469 g/mol. The van der Waals surface area contributed by atoms with Crippen LogP contribution in [0.25, 0.3) is 11.1 Å². The van der Waals surface area contributed by atoms with E-state index in [1.807, 2.05) is 41.3 Å². The number of rotatable bonds is 14. The number of piperidine rings is 1. The first-order valence-electron chi connectivity index (χ1n) is 11.8. The van der Waals surface area contributed by atoms with Crippen LogP contribution in [0.4, 0.5) is 0 Å². The minimum absolute atomic E-state index is 0.0104. The second-order valence-electron chi connectivity index (χ2n) is 7.96. The van der Waals surface area contributed by atoms with Crippen LogP contribution in [0, 0.1) is 0 Å². The van der Waals surface area contributed by atoms with E-state index in [0.717, 1.165) is 35.5 Å². The van der Waals surface area contributed by atoms with E-state index in [4.69, 9.17) is 23.7 Å². The SMILES string of the molecule is C=CC(=O)N1CCC(Oc2cccc(-c3ccc(OCCOCCOCCOC)cc3)c2)CC1. The zero-order chi connectivity index (χ0) is 24.0. The number of carbonyl (C=O) groups excluding carboxylic acids is 1. The van der Waals surface area contributed by atoms with Crippen molar-refractivity contribution in [3.8, 4) is 22.6 Å². The van der Waals surface area contributed by atoms with Gasteiger partial charge in [-0.05, 0) is 41.5 Å². The van der Waals surface area contributed by atoms with Crippen LogP contribution in [-0.4, -0.2) is 76.8 Å². The Balaban J connectivity index is 1.40. The van der Waals surface area contributed by atoms with Crippen LogP contribution in [0.5, 0.6) is 11.5 Å². The molecule has 1 heterocycles. The minimum Gasteiger partial charge on any atom is -0.491 e. The number of hydrogen-bond donors (Lipinski definition) is 0. The maximum absolute atomic E-state index is 11.7. The zero-order valence-corrected chi connectivity index (χ0v) is 19.9. The van der Waals surface area contributed by atoms with Crippen LogP contribution in [0.3, 0.4) is 0 Å². The predicted octanol–water partition coefficient (Wildman–Crippen LogP) is 3.97. The summed E-state index contributed by atoms with van der Waals surface area (Å²) >= 11 is 0. The van der Waals surface area contributed by atoms with Crippen molar-refractivity contribution in [3.05, 3.63) is 61.2 Å². The van der Waals surface area contributed by atoms with E-state index >= 15 is 0 Å². The molecule has 1 fully saturated rings. The Morgan fingerprint density at radius 1 is 0.912 bits per heavy atom. The molecule has 7 nitrogen and oxygen atoms in total. The third-order valence-electron chi connectivity index (χ3n) is 5.55. The zero-order valence-electron chi connectivity index (χ0n) is 19.9. The Bertz CT molecular complexity index is 877. The summed E-state index contributed by atoms with van der Waals surface area (Å²) in [5.74, 6) is 1.63. The number of ether oxygens (including phenoxy) is 5. The van der Waals surface area contributed by atoms with Crippen LogP contribution in [0.15, 0.2) is 61.2 Å². The van der Waals surface area contributed by atoms with Gasteiger partial charge >= 0.3 is 0 Å². The van der Waals surface area contributed by atoms with Crippen molar-refractivity contribution in [3.63, 3.8) is 0 Å². The van der Waals surface area contributed by atoms with E-state index in [9.17, 15) is 4.79 Å². The first-order valence-corrected chi connectivity index (χ1v) is 11.8. The van der Waals surface area contributed by atoms with Crippen LogP contribution < -0.4 is 9.47 Å². The molecule has 184 valence electrons. The average molecular weight is 470 g/mol. The standard InChI is InChI=1S/C27H35NO6/c1-3-27(29)28-13-11-25(12-14-28)34-26-6-4-5-23(21-26)22-7-9-24(10-8-22)33-20-19-32-18-17-31-16-15-30-2/h3-10,21,25H,1,11-20H2,2H3. The summed E-state index contributed by atoms with van der Waals surface area (Å²) in [5.41, 5.74) is 2.17. The maximum atomic E-state index is 11.7. The summed E-state index contributed by atoms with van der Waals surface area (Å²) < 4.78 is 27.7. The normalized spacial score (nSPS) is 14.1. The van der Waals surface area contributed by atoms with Crippen molar-refractivity contribution in [2.45, 2.75) is 18.9 Å². The summed E-state index contributed by atoms with van der Waals surface area (Å²) in [4.78, 5) is 13.6. The van der Waals surface area contributed by atoms with E-state index < -0.39 is 0 Å². The smallest absolute Gasteiger partial charge is 0.245 e. The molecule has 0 aliphatic carbocycles. The summed E-state index contributed by atoms with van der Waals surface area (Å²) in [6.45, 7) is 8.21. The van der Waals surface area contributed by atoms with Gasteiger partial charge in [0.25, 0.3) is 0 Å². The number of nitrogens with zero attached hydrogens (tertiary/aromatic N) is 1. The lowest BCUT2D eigenvalue weighted by Crippen LogP contribution is -2.41. The molecule has 7 heteroatoms. The summed E-state index contributed by atoms with van der Waals surface area (Å²) in [6.07, 6.45) is 3.12. The van der Waals surface area contributed by atoms with Crippen LogP contribution in [-0.2, 0) is 19.0 Å². The van der Waals surface area contributed by atoms with Gasteiger partial charge in [0.2, 0.25) is 5.91 Å². The van der Waals surface area contributed by atoms with Gasteiger partial charge in [0.05, 0.1) is 33.0 Å². The Kier molecular flexibility index (Phi) is 10.9. The van der Waals surface area contributed by atoms with E-state index in [1.54, 1.807) is 7.11 Å². The molecule has 0 radical (unpaired) electrons. The number of carbonyl (C=O) groups is 1. The van der Waals surface area contributed by atoms with Crippen molar-refractivity contribution in [1.29, 1.82) is 0 Å². The molecular formula is C27H35NO6. The summed E-state index contributed by atoms with van der Waals surface area (Å²) in [5, 5.41) is 0. The van der Waals surface area contributed by atoms with Crippen molar-refractivity contribution in [1.82, 2.24) is 4.90 Å². The molecule has 0 N–H and O–H groups in total. The van der Waals surface area contributed by atoms with Gasteiger partial charge in [0, 0.05) is 33.0 Å². The molecule has 0 atom stereocenters. The molecule has 2 aromatic carbocycles. The summed E-state index contributed by atoms with van der Waals surface area (Å²) in [7, 11) is 1.65. The minimum atomic E-state index is -0.0104. The molecule has 1 aliphatic heterocycles. The van der Waals surface area contributed by atoms with Gasteiger partial charge in [-0.15, -0.1) is 0 Å². The highest BCUT2D eigenvalue weighted by molar-refractivity contribution is 5.87. The molecule has 34 heavy (non-hydrogen) atoms. The second-order valence-corrected chi connectivity index (χ2v) is 7.96. The average Bonchev–Trinajstić information content (AvgIpc) is 2.88. The molecule has 0 unspecified atom stereocenters. The third-order valence-corrected chi connectivity index (χ3v) is 5.55. The molecular weight excluding hydrogens is 434 g/mol.